The summed E-state index contributed by atoms with van der Waals surface area (Å²) in [6.45, 7) is 0. The van der Waals surface area contributed by atoms with E-state index in [1.165, 1.54) is 6.20 Å². The third-order valence-corrected chi connectivity index (χ3v) is 2.21. The van der Waals surface area contributed by atoms with Crippen LogP contribution in [0.3, 0.4) is 0 Å². The Labute approximate surface area is 91.5 Å². The fourth-order valence-corrected chi connectivity index (χ4v) is 1.31. The lowest BCUT2D eigenvalue weighted by Crippen LogP contribution is -1.84. The lowest BCUT2D eigenvalue weighted by molar-refractivity contribution is 1.21. The van der Waals surface area contributed by atoms with Gasteiger partial charge in [-0.3, -0.25) is 4.98 Å². The van der Waals surface area contributed by atoms with Gasteiger partial charge in [0.1, 0.15) is 5.15 Å². The summed E-state index contributed by atoms with van der Waals surface area (Å²) < 4.78 is 0. The molecule has 4 heteroatoms. The number of benzene rings is 1. The molecule has 70 valence electrons. The normalized spacial score (nSPS) is 10.1. The van der Waals surface area contributed by atoms with Crippen molar-refractivity contribution in [3.8, 4) is 11.3 Å². The van der Waals surface area contributed by atoms with E-state index in [9.17, 15) is 0 Å². The highest BCUT2D eigenvalue weighted by Gasteiger charge is 1.99. The number of halogens is 2. The summed E-state index contributed by atoms with van der Waals surface area (Å²) >= 11 is 11.4. The highest BCUT2D eigenvalue weighted by atomic mass is 35.5. The minimum absolute atomic E-state index is 0.391. The summed E-state index contributed by atoms with van der Waals surface area (Å²) in [5, 5.41) is 1.10. The van der Waals surface area contributed by atoms with E-state index in [1.54, 1.807) is 6.20 Å². The summed E-state index contributed by atoms with van der Waals surface area (Å²) in [5.74, 6) is 0. The Bertz CT molecular complexity index is 379. The van der Waals surface area contributed by atoms with Gasteiger partial charge in [-0.2, -0.15) is 0 Å². The topological polar surface area (TPSA) is 25.8 Å². The molecule has 0 aliphatic carbocycles. The molecule has 0 aliphatic rings. The quantitative estimate of drug-likeness (QED) is 0.742. The van der Waals surface area contributed by atoms with Gasteiger partial charge in [0.15, 0.2) is 0 Å². The van der Waals surface area contributed by atoms with Gasteiger partial charge in [0.05, 0.1) is 18.1 Å². The van der Waals surface area contributed by atoms with Crippen molar-refractivity contribution in [3.63, 3.8) is 0 Å². The molecule has 0 aliphatic heterocycles. The second-order valence-corrected chi connectivity index (χ2v) is 3.55. The van der Waals surface area contributed by atoms with Gasteiger partial charge in [0.2, 0.25) is 0 Å². The molecule has 0 saturated heterocycles. The van der Waals surface area contributed by atoms with E-state index in [2.05, 4.69) is 9.97 Å². The lowest BCUT2D eigenvalue weighted by atomic mass is 10.2. The second-order valence-electron chi connectivity index (χ2n) is 2.73. The zero-order valence-electron chi connectivity index (χ0n) is 7.11. The van der Waals surface area contributed by atoms with Crippen molar-refractivity contribution in [1.29, 1.82) is 0 Å². The summed E-state index contributed by atoms with van der Waals surface area (Å²) in [7, 11) is 0. The van der Waals surface area contributed by atoms with Gasteiger partial charge in [-0.05, 0) is 12.1 Å². The Hall–Kier alpha value is -1.12. The minimum Gasteiger partial charge on any atom is -0.251 e. The first-order valence-electron chi connectivity index (χ1n) is 3.99. The van der Waals surface area contributed by atoms with Gasteiger partial charge in [-0.1, -0.05) is 35.3 Å². The molecule has 2 aromatic rings. The van der Waals surface area contributed by atoms with Crippen LogP contribution in [-0.2, 0) is 0 Å². The number of hydrogen-bond acceptors (Lipinski definition) is 2. The van der Waals surface area contributed by atoms with Crippen molar-refractivity contribution < 1.29 is 0 Å². The van der Waals surface area contributed by atoms with E-state index in [-0.39, 0.29) is 0 Å². The molecular formula is C10H6Cl2N2. The fourth-order valence-electron chi connectivity index (χ4n) is 1.08. The first kappa shape index (κ1) is 9.44. The predicted octanol–water partition coefficient (Wildman–Crippen LogP) is 3.45. The van der Waals surface area contributed by atoms with Crippen LogP contribution in [0.2, 0.25) is 10.2 Å². The van der Waals surface area contributed by atoms with E-state index in [1.807, 2.05) is 24.3 Å². The molecule has 0 radical (unpaired) electrons. The zero-order chi connectivity index (χ0) is 9.97. The average Bonchev–Trinajstić information content (AvgIpc) is 2.21. The van der Waals surface area contributed by atoms with E-state index in [4.69, 9.17) is 23.2 Å². The van der Waals surface area contributed by atoms with Crippen molar-refractivity contribution in [2.45, 2.75) is 0 Å². The molecule has 0 unspecified atom stereocenters. The molecule has 0 atom stereocenters. The molecule has 0 saturated carbocycles. The maximum Gasteiger partial charge on any atom is 0.147 e. The summed E-state index contributed by atoms with van der Waals surface area (Å²) in [5.41, 5.74) is 1.75. The smallest absolute Gasteiger partial charge is 0.147 e. The van der Waals surface area contributed by atoms with Crippen LogP contribution in [0.4, 0.5) is 0 Å². The van der Waals surface area contributed by atoms with Crippen LogP contribution in [0.5, 0.6) is 0 Å². The molecule has 1 aromatic heterocycles. The van der Waals surface area contributed by atoms with Gasteiger partial charge < -0.3 is 0 Å². The monoisotopic (exact) mass is 224 g/mol. The standard InChI is InChI=1S/C10H6Cl2N2/c11-8-3-1-7(2-4-8)9-5-14-10(12)6-13-9/h1-6H. The Morgan fingerprint density at radius 3 is 2.14 bits per heavy atom. The average molecular weight is 225 g/mol. The Morgan fingerprint density at radius 1 is 0.857 bits per heavy atom. The van der Waals surface area contributed by atoms with Crippen molar-refractivity contribution in [3.05, 3.63) is 46.8 Å². The summed E-state index contributed by atoms with van der Waals surface area (Å²) in [6, 6.07) is 7.40. The molecule has 1 aromatic carbocycles. The SMILES string of the molecule is Clc1ccc(-c2cnc(Cl)cn2)cc1. The van der Waals surface area contributed by atoms with Crippen LogP contribution in [0, 0.1) is 0 Å². The Balaban J connectivity index is 2.40. The molecular weight excluding hydrogens is 219 g/mol. The molecule has 0 spiro atoms. The maximum atomic E-state index is 5.77. The van der Waals surface area contributed by atoms with Gasteiger partial charge in [0.25, 0.3) is 0 Å². The molecule has 0 N–H and O–H groups in total. The summed E-state index contributed by atoms with van der Waals surface area (Å²) in [4.78, 5) is 8.09. The molecule has 2 nitrogen and oxygen atoms in total. The van der Waals surface area contributed by atoms with Gasteiger partial charge in [-0.25, -0.2) is 4.98 Å². The van der Waals surface area contributed by atoms with Crippen LogP contribution in [0.25, 0.3) is 11.3 Å². The van der Waals surface area contributed by atoms with E-state index >= 15 is 0 Å². The Kier molecular flexibility index (Phi) is 2.66. The molecule has 0 bridgehead atoms. The molecule has 2 rings (SSSR count). The third-order valence-electron chi connectivity index (χ3n) is 1.76. The largest absolute Gasteiger partial charge is 0.251 e. The summed E-state index contributed by atoms with van der Waals surface area (Å²) in [6.07, 6.45) is 3.15. The first-order chi connectivity index (χ1) is 6.75. The molecule has 0 fully saturated rings. The first-order valence-corrected chi connectivity index (χ1v) is 4.75. The van der Waals surface area contributed by atoms with Crippen LogP contribution in [-0.4, -0.2) is 9.97 Å². The van der Waals surface area contributed by atoms with Crippen molar-refractivity contribution in [2.75, 3.05) is 0 Å². The third kappa shape index (κ3) is 2.03. The lowest BCUT2D eigenvalue weighted by Gasteiger charge is -1.99. The molecule has 14 heavy (non-hydrogen) atoms. The number of aromatic nitrogens is 2. The van der Waals surface area contributed by atoms with Crippen molar-refractivity contribution in [2.24, 2.45) is 0 Å². The van der Waals surface area contributed by atoms with E-state index < -0.39 is 0 Å². The maximum absolute atomic E-state index is 5.77. The van der Waals surface area contributed by atoms with Crippen molar-refractivity contribution >= 4 is 23.2 Å². The van der Waals surface area contributed by atoms with E-state index in [0.717, 1.165) is 11.3 Å². The van der Waals surface area contributed by atoms with Crippen molar-refractivity contribution in [1.82, 2.24) is 9.97 Å². The number of rotatable bonds is 1. The van der Waals surface area contributed by atoms with Gasteiger partial charge in [-0.15, -0.1) is 0 Å². The molecule has 1 heterocycles. The number of hydrogen-bond donors (Lipinski definition) is 0. The minimum atomic E-state index is 0.391. The van der Waals surface area contributed by atoms with Crippen LogP contribution < -0.4 is 0 Å². The second kappa shape index (κ2) is 3.95. The Morgan fingerprint density at radius 2 is 1.57 bits per heavy atom. The highest BCUT2D eigenvalue weighted by Crippen LogP contribution is 2.19. The zero-order valence-corrected chi connectivity index (χ0v) is 8.63. The van der Waals surface area contributed by atoms with Crippen LogP contribution in [0.15, 0.2) is 36.7 Å². The fraction of sp³-hybridized carbons (Fsp3) is 0. The van der Waals surface area contributed by atoms with Gasteiger partial charge >= 0.3 is 0 Å². The van der Waals surface area contributed by atoms with E-state index in [0.29, 0.717) is 10.2 Å². The molecule has 0 amide bonds. The highest BCUT2D eigenvalue weighted by molar-refractivity contribution is 6.30. The van der Waals surface area contributed by atoms with Crippen LogP contribution >= 0.6 is 23.2 Å². The van der Waals surface area contributed by atoms with Gasteiger partial charge in [0, 0.05) is 10.6 Å². The predicted molar refractivity (Wildman–Crippen MR) is 57.5 cm³/mol. The van der Waals surface area contributed by atoms with Crippen LogP contribution in [0.1, 0.15) is 0 Å². The number of nitrogens with zero attached hydrogens (tertiary/aromatic N) is 2.